The van der Waals surface area contributed by atoms with Crippen LogP contribution in [0, 0.1) is 0 Å². The molecule has 164 valence electrons. The molecule has 0 unspecified atom stereocenters. The van der Waals surface area contributed by atoms with E-state index in [0.717, 1.165) is 39.3 Å². The van der Waals surface area contributed by atoms with Crippen molar-refractivity contribution < 1.29 is 19.0 Å². The number of anilines is 1. The highest BCUT2D eigenvalue weighted by Crippen LogP contribution is 2.24. The number of hydrogen-bond acceptors (Lipinski definition) is 5. The molecule has 0 radical (unpaired) electrons. The number of para-hydroxylation sites is 2. The van der Waals surface area contributed by atoms with E-state index in [2.05, 4.69) is 17.1 Å². The fraction of sp³-hybridized carbons (Fsp3) is 0.696. The molecule has 0 aromatic heterocycles. The molecule has 0 saturated carbocycles. The van der Waals surface area contributed by atoms with E-state index in [9.17, 15) is 4.79 Å². The van der Waals surface area contributed by atoms with Crippen LogP contribution < -0.4 is 10.1 Å². The smallest absolute Gasteiger partial charge is 0.411 e. The van der Waals surface area contributed by atoms with Crippen molar-refractivity contribution in [2.45, 2.75) is 58.3 Å². The van der Waals surface area contributed by atoms with Gasteiger partial charge in [0.15, 0.2) is 0 Å². The van der Waals surface area contributed by atoms with Gasteiger partial charge in [0.2, 0.25) is 0 Å². The molecule has 1 heterocycles. The molecule has 1 aromatic rings. The van der Waals surface area contributed by atoms with Crippen molar-refractivity contribution >= 4 is 11.8 Å². The highest BCUT2D eigenvalue weighted by Gasteiger charge is 2.12. The van der Waals surface area contributed by atoms with Gasteiger partial charge >= 0.3 is 6.09 Å². The Labute approximate surface area is 175 Å². The second-order valence-electron chi connectivity index (χ2n) is 7.53. The maximum atomic E-state index is 12.1. The van der Waals surface area contributed by atoms with E-state index in [1.807, 2.05) is 24.3 Å². The molecule has 1 N–H and O–H groups in total. The number of nitrogens with one attached hydrogen (secondary N) is 1. The Morgan fingerprint density at radius 3 is 2.45 bits per heavy atom. The summed E-state index contributed by atoms with van der Waals surface area (Å²) in [6.07, 6.45) is 9.70. The van der Waals surface area contributed by atoms with Gasteiger partial charge in [-0.2, -0.15) is 0 Å². The Bertz CT molecular complexity index is 562. The maximum absolute atomic E-state index is 12.1. The van der Waals surface area contributed by atoms with Gasteiger partial charge in [-0.15, -0.1) is 0 Å². The Morgan fingerprint density at radius 1 is 1.00 bits per heavy atom. The number of carbonyl (C=O) groups excluding carboxylic acids is 1. The summed E-state index contributed by atoms with van der Waals surface area (Å²) < 4.78 is 16.5. The van der Waals surface area contributed by atoms with Crippen LogP contribution in [0.2, 0.25) is 0 Å². The van der Waals surface area contributed by atoms with Gasteiger partial charge in [-0.25, -0.2) is 4.79 Å². The van der Waals surface area contributed by atoms with Gasteiger partial charge in [-0.05, 0) is 18.6 Å². The quantitative estimate of drug-likeness (QED) is 0.436. The maximum Gasteiger partial charge on any atom is 0.411 e. The Balaban J connectivity index is 1.60. The van der Waals surface area contributed by atoms with Gasteiger partial charge in [0.25, 0.3) is 0 Å². The third-order valence-electron chi connectivity index (χ3n) is 5.12. The van der Waals surface area contributed by atoms with Crippen molar-refractivity contribution in [2.75, 3.05) is 51.4 Å². The van der Waals surface area contributed by atoms with Crippen molar-refractivity contribution in [1.82, 2.24) is 4.90 Å². The number of ether oxygens (including phenoxy) is 3. The van der Waals surface area contributed by atoms with Crippen LogP contribution >= 0.6 is 0 Å². The molecule has 0 bridgehead atoms. The fourth-order valence-corrected chi connectivity index (χ4v) is 3.35. The van der Waals surface area contributed by atoms with Gasteiger partial charge in [0, 0.05) is 19.6 Å². The van der Waals surface area contributed by atoms with Crippen molar-refractivity contribution in [3.8, 4) is 5.75 Å². The molecule has 6 heteroatoms. The van der Waals surface area contributed by atoms with Crippen LogP contribution in [0.5, 0.6) is 5.75 Å². The molecule has 1 aliphatic heterocycles. The summed E-state index contributed by atoms with van der Waals surface area (Å²) in [4.78, 5) is 14.3. The summed E-state index contributed by atoms with van der Waals surface area (Å²) in [5.41, 5.74) is 0.656. The van der Waals surface area contributed by atoms with Crippen LogP contribution in [0.4, 0.5) is 10.5 Å². The molecule has 0 aliphatic carbocycles. The highest BCUT2D eigenvalue weighted by molar-refractivity contribution is 5.86. The lowest BCUT2D eigenvalue weighted by Crippen LogP contribution is -2.38. The summed E-state index contributed by atoms with van der Waals surface area (Å²) in [6, 6.07) is 7.52. The first-order valence-electron chi connectivity index (χ1n) is 11.3. The Hall–Kier alpha value is -1.79. The Morgan fingerprint density at radius 2 is 1.69 bits per heavy atom. The number of unbranched alkanes of at least 4 members (excludes halogenated alkanes) is 7. The molecular weight excluding hydrogens is 368 g/mol. The largest absolute Gasteiger partial charge is 0.491 e. The number of rotatable bonds is 14. The predicted molar refractivity (Wildman–Crippen MR) is 117 cm³/mol. The lowest BCUT2D eigenvalue weighted by atomic mass is 10.1. The van der Waals surface area contributed by atoms with Crippen LogP contribution in [-0.2, 0) is 9.47 Å². The molecule has 1 aromatic carbocycles. The van der Waals surface area contributed by atoms with E-state index >= 15 is 0 Å². The number of hydrogen-bond donors (Lipinski definition) is 1. The number of benzene rings is 1. The number of nitrogens with zero attached hydrogens (tertiary/aromatic N) is 1. The monoisotopic (exact) mass is 406 g/mol. The molecule has 1 amide bonds. The van der Waals surface area contributed by atoms with Crippen molar-refractivity contribution in [3.63, 3.8) is 0 Å². The highest BCUT2D eigenvalue weighted by atomic mass is 16.5. The summed E-state index contributed by atoms with van der Waals surface area (Å²) in [7, 11) is 0. The summed E-state index contributed by atoms with van der Waals surface area (Å²) in [5.74, 6) is 0.695. The van der Waals surface area contributed by atoms with Crippen LogP contribution in [0.1, 0.15) is 58.3 Å². The summed E-state index contributed by atoms with van der Waals surface area (Å²) in [6.45, 7) is 7.28. The van der Waals surface area contributed by atoms with Crippen molar-refractivity contribution in [3.05, 3.63) is 24.3 Å². The fourth-order valence-electron chi connectivity index (χ4n) is 3.35. The molecule has 6 nitrogen and oxygen atoms in total. The Kier molecular flexibility index (Phi) is 12.2. The van der Waals surface area contributed by atoms with Gasteiger partial charge in [-0.3, -0.25) is 10.2 Å². The van der Waals surface area contributed by atoms with E-state index in [-0.39, 0.29) is 0 Å². The molecular formula is C23H38N2O4. The first-order chi connectivity index (χ1) is 14.3. The first kappa shape index (κ1) is 23.5. The average molecular weight is 407 g/mol. The van der Waals surface area contributed by atoms with E-state index < -0.39 is 6.09 Å². The van der Waals surface area contributed by atoms with Crippen molar-refractivity contribution in [1.29, 1.82) is 0 Å². The van der Waals surface area contributed by atoms with Crippen LogP contribution in [0.15, 0.2) is 24.3 Å². The lowest BCUT2D eigenvalue weighted by Gasteiger charge is -2.26. The van der Waals surface area contributed by atoms with E-state index in [0.29, 0.717) is 24.7 Å². The minimum absolute atomic E-state index is 0.368. The second-order valence-corrected chi connectivity index (χ2v) is 7.53. The first-order valence-corrected chi connectivity index (χ1v) is 11.3. The third-order valence-corrected chi connectivity index (χ3v) is 5.12. The molecule has 1 fully saturated rings. The molecule has 0 atom stereocenters. The molecule has 1 aliphatic rings. The minimum Gasteiger partial charge on any atom is -0.491 e. The van der Waals surface area contributed by atoms with Crippen LogP contribution in [0.25, 0.3) is 0 Å². The van der Waals surface area contributed by atoms with Gasteiger partial charge in [-0.1, -0.05) is 64.0 Å². The normalized spacial score (nSPS) is 14.5. The minimum atomic E-state index is -0.443. The lowest BCUT2D eigenvalue weighted by molar-refractivity contribution is 0.0290. The summed E-state index contributed by atoms with van der Waals surface area (Å²) >= 11 is 0. The zero-order valence-electron chi connectivity index (χ0n) is 18.0. The molecule has 0 spiro atoms. The van der Waals surface area contributed by atoms with Crippen LogP contribution in [0.3, 0.4) is 0 Å². The van der Waals surface area contributed by atoms with Gasteiger partial charge in [0.1, 0.15) is 12.4 Å². The van der Waals surface area contributed by atoms with E-state index in [4.69, 9.17) is 14.2 Å². The van der Waals surface area contributed by atoms with Gasteiger partial charge in [0.05, 0.1) is 25.5 Å². The van der Waals surface area contributed by atoms with E-state index in [1.165, 1.54) is 44.9 Å². The van der Waals surface area contributed by atoms with E-state index in [1.54, 1.807) is 0 Å². The topological polar surface area (TPSA) is 60.0 Å². The SMILES string of the molecule is CCCCCCCCCCOc1ccccc1NC(=O)OCCN1CCOCC1. The zero-order chi connectivity index (χ0) is 20.6. The van der Waals surface area contributed by atoms with Gasteiger partial charge < -0.3 is 14.2 Å². The molecule has 2 rings (SSSR count). The third kappa shape index (κ3) is 10.5. The second kappa shape index (κ2) is 15.1. The molecule has 29 heavy (non-hydrogen) atoms. The number of amides is 1. The van der Waals surface area contributed by atoms with Crippen molar-refractivity contribution in [2.24, 2.45) is 0 Å². The standard InChI is InChI=1S/C23H38N2O4/c1-2-3-4-5-6-7-8-11-17-28-22-13-10-9-12-21(22)24-23(26)29-20-16-25-14-18-27-19-15-25/h9-10,12-13H,2-8,11,14-20H2,1H3,(H,24,26). The molecule has 1 saturated heterocycles. The number of carbonyl (C=O) groups is 1. The average Bonchev–Trinajstić information content (AvgIpc) is 2.74. The predicted octanol–water partition coefficient (Wildman–Crippen LogP) is 5.09. The number of morpholine rings is 1. The van der Waals surface area contributed by atoms with Crippen LogP contribution in [-0.4, -0.2) is 57.1 Å². The summed E-state index contributed by atoms with van der Waals surface area (Å²) in [5, 5.41) is 2.80. The zero-order valence-corrected chi connectivity index (χ0v) is 18.0.